The fourth-order valence-corrected chi connectivity index (χ4v) is 3.70. The van der Waals surface area contributed by atoms with Crippen LogP contribution in [0.4, 0.5) is 0 Å². The molecule has 2 aromatic rings. The molecule has 22 heavy (non-hydrogen) atoms. The summed E-state index contributed by atoms with van der Waals surface area (Å²) in [5.74, 6) is 0.644. The van der Waals surface area contributed by atoms with Crippen LogP contribution in [0.1, 0.15) is 39.5 Å². The maximum atomic E-state index is 12.4. The van der Waals surface area contributed by atoms with Gasteiger partial charge in [-0.15, -0.1) is 0 Å². The van der Waals surface area contributed by atoms with E-state index in [4.69, 9.17) is 4.42 Å². The van der Waals surface area contributed by atoms with Crippen LogP contribution in [0.2, 0.25) is 0 Å². The number of nitrogens with zero attached hydrogens (tertiary/aromatic N) is 1. The SMILES string of the molecule is C[C@@H]1CCCC[C@H]1NC(=O)[C@@H](C)Sc1nc2ccccc2o1. The fraction of sp³-hybridized carbons (Fsp3) is 0.529. The van der Waals surface area contributed by atoms with Crippen molar-refractivity contribution < 1.29 is 9.21 Å². The first-order valence-corrected chi connectivity index (χ1v) is 8.84. The van der Waals surface area contributed by atoms with E-state index in [1.54, 1.807) is 0 Å². The first-order chi connectivity index (χ1) is 10.6. The van der Waals surface area contributed by atoms with Gasteiger partial charge in [0.15, 0.2) is 5.58 Å². The number of oxazole rings is 1. The number of aromatic nitrogens is 1. The number of hydrogen-bond donors (Lipinski definition) is 1. The van der Waals surface area contributed by atoms with Crippen LogP contribution >= 0.6 is 11.8 Å². The Bertz CT molecular complexity index is 622. The monoisotopic (exact) mass is 318 g/mol. The second kappa shape index (κ2) is 6.73. The third-order valence-electron chi connectivity index (χ3n) is 4.36. The summed E-state index contributed by atoms with van der Waals surface area (Å²) in [4.78, 5) is 16.8. The predicted molar refractivity (Wildman–Crippen MR) is 88.9 cm³/mol. The first kappa shape index (κ1) is 15.4. The smallest absolute Gasteiger partial charge is 0.257 e. The molecule has 1 aliphatic rings. The van der Waals surface area contributed by atoms with E-state index in [9.17, 15) is 4.79 Å². The molecule has 1 aliphatic carbocycles. The zero-order chi connectivity index (χ0) is 15.5. The molecule has 4 nitrogen and oxygen atoms in total. The van der Waals surface area contributed by atoms with Crippen LogP contribution in [0.25, 0.3) is 11.1 Å². The van der Waals surface area contributed by atoms with Gasteiger partial charge in [-0.3, -0.25) is 4.79 Å². The van der Waals surface area contributed by atoms with Gasteiger partial charge in [-0.25, -0.2) is 4.98 Å². The highest BCUT2D eigenvalue weighted by molar-refractivity contribution is 8.00. The zero-order valence-electron chi connectivity index (χ0n) is 13.0. The highest BCUT2D eigenvalue weighted by Crippen LogP contribution is 2.28. The Balaban J connectivity index is 1.60. The second-order valence-corrected chi connectivity index (χ2v) is 7.38. The summed E-state index contributed by atoms with van der Waals surface area (Å²) >= 11 is 1.38. The third-order valence-corrected chi connectivity index (χ3v) is 5.30. The molecule has 5 heteroatoms. The van der Waals surface area contributed by atoms with Gasteiger partial charge in [-0.2, -0.15) is 0 Å². The summed E-state index contributed by atoms with van der Waals surface area (Å²) in [5, 5.41) is 3.54. The van der Waals surface area contributed by atoms with Crippen molar-refractivity contribution in [1.82, 2.24) is 10.3 Å². The van der Waals surface area contributed by atoms with Crippen molar-refractivity contribution in [1.29, 1.82) is 0 Å². The predicted octanol–water partition coefficient (Wildman–Crippen LogP) is 4.00. The van der Waals surface area contributed by atoms with Crippen molar-refractivity contribution in [2.45, 2.75) is 56.0 Å². The van der Waals surface area contributed by atoms with Crippen LogP contribution < -0.4 is 5.32 Å². The molecule has 1 aromatic carbocycles. The fourth-order valence-electron chi connectivity index (χ4n) is 2.94. The van der Waals surface area contributed by atoms with Crippen LogP contribution in [0.3, 0.4) is 0 Å². The molecule has 3 rings (SSSR count). The second-order valence-electron chi connectivity index (χ2n) is 6.08. The van der Waals surface area contributed by atoms with Gasteiger partial charge in [0.1, 0.15) is 5.52 Å². The Labute approximate surface area is 135 Å². The Hall–Kier alpha value is -1.49. The standard InChI is InChI=1S/C17H22N2O2S/c1-11-7-3-4-8-13(11)18-16(20)12(2)22-17-19-14-9-5-6-10-15(14)21-17/h5-6,9-13H,3-4,7-8H2,1-2H3,(H,18,20)/t11-,12-,13-/m1/s1. The summed E-state index contributed by atoms with van der Waals surface area (Å²) in [5.41, 5.74) is 1.59. The van der Waals surface area contributed by atoms with Gasteiger partial charge in [0.25, 0.3) is 5.22 Å². The molecule has 1 saturated carbocycles. The summed E-state index contributed by atoms with van der Waals surface area (Å²) < 4.78 is 5.67. The number of rotatable bonds is 4. The highest BCUT2D eigenvalue weighted by atomic mass is 32.2. The zero-order valence-corrected chi connectivity index (χ0v) is 13.9. The number of benzene rings is 1. The van der Waals surface area contributed by atoms with Crippen molar-refractivity contribution in [2.24, 2.45) is 5.92 Å². The van der Waals surface area contributed by atoms with E-state index in [1.807, 2.05) is 31.2 Å². The molecule has 1 amide bonds. The van der Waals surface area contributed by atoms with Gasteiger partial charge in [0.2, 0.25) is 5.91 Å². The molecular formula is C17H22N2O2S. The van der Waals surface area contributed by atoms with E-state index in [2.05, 4.69) is 17.2 Å². The summed E-state index contributed by atoms with van der Waals surface area (Å²) in [7, 11) is 0. The molecule has 0 spiro atoms. The molecular weight excluding hydrogens is 296 g/mol. The van der Waals surface area contributed by atoms with Gasteiger partial charge in [0, 0.05) is 6.04 Å². The number of hydrogen-bond acceptors (Lipinski definition) is 4. The number of carbonyl (C=O) groups is 1. The van der Waals surface area contributed by atoms with Crippen LogP contribution in [0, 0.1) is 5.92 Å². The van der Waals surface area contributed by atoms with Crippen LogP contribution in [0.5, 0.6) is 0 Å². The molecule has 1 fully saturated rings. The lowest BCUT2D eigenvalue weighted by molar-refractivity contribution is -0.121. The minimum atomic E-state index is -0.206. The number of carbonyl (C=O) groups excluding carboxylic acids is 1. The van der Waals surface area contributed by atoms with Crippen LogP contribution in [-0.4, -0.2) is 22.2 Å². The van der Waals surface area contributed by atoms with Gasteiger partial charge in [-0.1, -0.05) is 43.7 Å². The Morgan fingerprint density at radius 3 is 2.91 bits per heavy atom. The average Bonchev–Trinajstić information content (AvgIpc) is 2.91. The topological polar surface area (TPSA) is 55.1 Å². The summed E-state index contributed by atoms with van der Waals surface area (Å²) in [6.07, 6.45) is 4.79. The minimum Gasteiger partial charge on any atom is -0.431 e. The van der Waals surface area contributed by atoms with Gasteiger partial charge < -0.3 is 9.73 Å². The maximum Gasteiger partial charge on any atom is 0.257 e. The van der Waals surface area contributed by atoms with E-state index in [1.165, 1.54) is 31.0 Å². The Kier molecular flexibility index (Phi) is 4.71. The molecule has 0 unspecified atom stereocenters. The molecule has 0 aliphatic heterocycles. The molecule has 0 saturated heterocycles. The number of amides is 1. The molecule has 0 bridgehead atoms. The minimum absolute atomic E-state index is 0.0750. The van der Waals surface area contributed by atoms with Crippen LogP contribution in [-0.2, 0) is 4.79 Å². The maximum absolute atomic E-state index is 12.4. The number of thioether (sulfide) groups is 1. The third kappa shape index (κ3) is 3.46. The molecule has 3 atom stereocenters. The summed E-state index contributed by atoms with van der Waals surface area (Å²) in [6.45, 7) is 4.13. The number of nitrogens with one attached hydrogen (secondary N) is 1. The molecule has 1 N–H and O–H groups in total. The lowest BCUT2D eigenvalue weighted by Crippen LogP contribution is -2.44. The Morgan fingerprint density at radius 2 is 2.14 bits per heavy atom. The Morgan fingerprint density at radius 1 is 1.36 bits per heavy atom. The van der Waals surface area contributed by atoms with E-state index >= 15 is 0 Å². The van der Waals surface area contributed by atoms with E-state index in [0.717, 1.165) is 17.5 Å². The van der Waals surface area contributed by atoms with Crippen LogP contribution in [0.15, 0.2) is 33.9 Å². The average molecular weight is 318 g/mol. The number of para-hydroxylation sites is 2. The highest BCUT2D eigenvalue weighted by Gasteiger charge is 2.26. The van der Waals surface area contributed by atoms with E-state index in [0.29, 0.717) is 17.2 Å². The molecule has 1 aromatic heterocycles. The van der Waals surface area contributed by atoms with Crippen molar-refractivity contribution in [3.8, 4) is 0 Å². The van der Waals surface area contributed by atoms with E-state index < -0.39 is 0 Å². The van der Waals surface area contributed by atoms with Gasteiger partial charge in [0.05, 0.1) is 5.25 Å². The van der Waals surface area contributed by atoms with Crippen molar-refractivity contribution in [3.63, 3.8) is 0 Å². The largest absolute Gasteiger partial charge is 0.431 e. The first-order valence-electron chi connectivity index (χ1n) is 7.96. The van der Waals surface area contributed by atoms with Crippen molar-refractivity contribution >= 4 is 28.8 Å². The van der Waals surface area contributed by atoms with Crippen molar-refractivity contribution in [3.05, 3.63) is 24.3 Å². The molecule has 118 valence electrons. The molecule has 1 heterocycles. The summed E-state index contributed by atoms with van der Waals surface area (Å²) in [6, 6.07) is 7.97. The lowest BCUT2D eigenvalue weighted by Gasteiger charge is -2.30. The molecule has 0 radical (unpaired) electrons. The van der Waals surface area contributed by atoms with Crippen molar-refractivity contribution in [2.75, 3.05) is 0 Å². The van der Waals surface area contributed by atoms with Gasteiger partial charge in [-0.05, 0) is 37.8 Å². The normalized spacial score (nSPS) is 23.4. The quantitative estimate of drug-likeness (QED) is 0.866. The van der Waals surface area contributed by atoms with Gasteiger partial charge >= 0.3 is 0 Å². The number of fused-ring (bicyclic) bond motifs is 1. The van der Waals surface area contributed by atoms with E-state index in [-0.39, 0.29) is 11.2 Å². The lowest BCUT2D eigenvalue weighted by atomic mass is 9.86.